The van der Waals surface area contributed by atoms with Gasteiger partial charge < -0.3 is 19.5 Å². The van der Waals surface area contributed by atoms with E-state index in [4.69, 9.17) is 9.72 Å². The Balaban J connectivity index is 1.50. The van der Waals surface area contributed by atoms with E-state index < -0.39 is 0 Å². The third-order valence-corrected chi connectivity index (χ3v) is 7.38. The maximum absolute atomic E-state index is 5.27. The number of hydrogen-bond acceptors (Lipinski definition) is 6. The van der Waals surface area contributed by atoms with Gasteiger partial charge in [-0.05, 0) is 69.0 Å². The maximum Gasteiger partial charge on any atom is 0.158 e. The molecule has 1 saturated heterocycles. The highest BCUT2D eigenvalue weighted by Gasteiger charge is 2.22. The van der Waals surface area contributed by atoms with Crippen molar-refractivity contribution >= 4 is 22.5 Å². The zero-order valence-corrected chi connectivity index (χ0v) is 21.6. The summed E-state index contributed by atoms with van der Waals surface area (Å²) in [6.45, 7) is 14.9. The summed E-state index contributed by atoms with van der Waals surface area (Å²) >= 11 is 0. The predicted octanol–water partition coefficient (Wildman–Crippen LogP) is 4.56. The van der Waals surface area contributed by atoms with Crippen LogP contribution in [0, 0.1) is 13.8 Å². The van der Waals surface area contributed by atoms with E-state index >= 15 is 0 Å². The van der Waals surface area contributed by atoms with Gasteiger partial charge in [0.05, 0.1) is 23.3 Å². The smallest absolute Gasteiger partial charge is 0.158 e. The van der Waals surface area contributed by atoms with E-state index in [1.807, 2.05) is 4.52 Å². The highest BCUT2D eigenvalue weighted by molar-refractivity contribution is 5.90. The van der Waals surface area contributed by atoms with Gasteiger partial charge in [-0.15, -0.1) is 0 Å². The van der Waals surface area contributed by atoms with Crippen molar-refractivity contribution in [1.82, 2.24) is 29.5 Å². The van der Waals surface area contributed by atoms with Crippen LogP contribution in [0.2, 0.25) is 0 Å². The molecule has 0 aromatic carbocycles. The van der Waals surface area contributed by atoms with Gasteiger partial charge in [-0.2, -0.15) is 5.10 Å². The fraction of sp³-hybridized carbons (Fsp3) is 0.519. The Morgan fingerprint density at radius 1 is 1.06 bits per heavy atom. The summed E-state index contributed by atoms with van der Waals surface area (Å²) in [4.78, 5) is 18.3. The Bertz CT molecular complexity index is 1310. The van der Waals surface area contributed by atoms with Crippen LogP contribution in [0.4, 0.5) is 5.82 Å². The molecule has 4 aromatic heterocycles. The first-order valence-electron chi connectivity index (χ1n) is 12.8. The van der Waals surface area contributed by atoms with Gasteiger partial charge in [-0.1, -0.05) is 13.8 Å². The van der Waals surface area contributed by atoms with Crippen molar-refractivity contribution in [2.75, 3.05) is 51.3 Å². The lowest BCUT2D eigenvalue weighted by atomic mass is 9.95. The fourth-order valence-corrected chi connectivity index (χ4v) is 5.35. The SMILES string of the molecule is COCCN1CCCN(c2ccc3[nH]c(-c4cn5ncnc5c(C)c4C)c(C(C)C)c3n2)CCC1. The highest BCUT2D eigenvalue weighted by atomic mass is 16.5. The van der Waals surface area contributed by atoms with E-state index in [1.54, 1.807) is 13.4 Å². The van der Waals surface area contributed by atoms with E-state index in [0.29, 0.717) is 5.92 Å². The summed E-state index contributed by atoms with van der Waals surface area (Å²) in [6.07, 6.45) is 5.98. The number of hydrogen-bond donors (Lipinski definition) is 1. The number of anilines is 1. The summed E-state index contributed by atoms with van der Waals surface area (Å²) < 4.78 is 7.15. The van der Waals surface area contributed by atoms with E-state index in [1.165, 1.54) is 11.1 Å². The second-order valence-electron chi connectivity index (χ2n) is 9.98. The van der Waals surface area contributed by atoms with Crippen LogP contribution in [0.3, 0.4) is 0 Å². The first-order valence-corrected chi connectivity index (χ1v) is 12.8. The average Bonchev–Trinajstić information content (AvgIpc) is 3.45. The Labute approximate surface area is 207 Å². The van der Waals surface area contributed by atoms with Gasteiger partial charge in [0.15, 0.2) is 5.65 Å². The van der Waals surface area contributed by atoms with Gasteiger partial charge in [0.1, 0.15) is 12.1 Å². The van der Waals surface area contributed by atoms with Crippen molar-refractivity contribution in [3.05, 3.63) is 41.3 Å². The minimum Gasteiger partial charge on any atom is -0.383 e. The molecule has 1 aliphatic rings. The first-order chi connectivity index (χ1) is 17.0. The summed E-state index contributed by atoms with van der Waals surface area (Å²) in [6, 6.07) is 4.38. The molecular formula is C27H37N7O. The van der Waals surface area contributed by atoms with Crippen molar-refractivity contribution < 1.29 is 4.74 Å². The number of aromatic nitrogens is 5. The van der Waals surface area contributed by atoms with Gasteiger partial charge >= 0.3 is 0 Å². The zero-order valence-electron chi connectivity index (χ0n) is 21.6. The van der Waals surface area contributed by atoms with Gasteiger partial charge in [0, 0.05) is 44.1 Å². The van der Waals surface area contributed by atoms with Crippen molar-refractivity contribution in [2.24, 2.45) is 0 Å². The van der Waals surface area contributed by atoms with Gasteiger partial charge in [0.2, 0.25) is 0 Å². The van der Waals surface area contributed by atoms with Crippen LogP contribution in [-0.2, 0) is 4.74 Å². The maximum atomic E-state index is 5.27. The molecule has 0 amide bonds. The molecule has 8 nitrogen and oxygen atoms in total. The lowest BCUT2D eigenvalue weighted by molar-refractivity contribution is 0.144. The minimum absolute atomic E-state index is 0.328. The number of methoxy groups -OCH3 is 1. The number of aryl methyl sites for hydroxylation is 1. The molecule has 0 bridgehead atoms. The number of aromatic amines is 1. The summed E-state index contributed by atoms with van der Waals surface area (Å²) in [7, 11) is 1.78. The van der Waals surface area contributed by atoms with E-state index in [9.17, 15) is 0 Å². The molecule has 0 aliphatic carbocycles. The van der Waals surface area contributed by atoms with Crippen LogP contribution >= 0.6 is 0 Å². The third-order valence-electron chi connectivity index (χ3n) is 7.38. The number of pyridine rings is 2. The molecule has 0 radical (unpaired) electrons. The number of nitrogens with one attached hydrogen (secondary N) is 1. The second kappa shape index (κ2) is 9.95. The molecule has 1 N–H and O–H groups in total. The molecular weight excluding hydrogens is 438 g/mol. The largest absolute Gasteiger partial charge is 0.383 e. The molecule has 5 heterocycles. The topological polar surface area (TPSA) is 74.6 Å². The predicted molar refractivity (Wildman–Crippen MR) is 141 cm³/mol. The monoisotopic (exact) mass is 475 g/mol. The molecule has 1 fully saturated rings. The van der Waals surface area contributed by atoms with Crippen molar-refractivity contribution in [1.29, 1.82) is 0 Å². The van der Waals surface area contributed by atoms with Crippen molar-refractivity contribution in [2.45, 2.75) is 46.5 Å². The molecule has 5 rings (SSSR count). The Morgan fingerprint density at radius 3 is 2.54 bits per heavy atom. The molecule has 1 aliphatic heterocycles. The molecule has 4 aromatic rings. The summed E-state index contributed by atoms with van der Waals surface area (Å²) in [5, 5.41) is 4.41. The summed E-state index contributed by atoms with van der Waals surface area (Å²) in [5.74, 6) is 1.41. The van der Waals surface area contributed by atoms with E-state index in [2.05, 4.69) is 70.9 Å². The van der Waals surface area contributed by atoms with E-state index in [-0.39, 0.29) is 0 Å². The van der Waals surface area contributed by atoms with Gasteiger partial charge in [-0.25, -0.2) is 14.5 Å². The standard InChI is InChI=1S/C27H37N7O/c1-18(2)24-25(21-16-34-27(28-17-29-34)20(4)19(21)3)30-22-8-9-23(31-26(22)24)33-12-6-10-32(11-7-13-33)14-15-35-5/h8-9,16-18,30H,6-7,10-15H2,1-5H3. The van der Waals surface area contributed by atoms with Crippen molar-refractivity contribution in [3.8, 4) is 11.3 Å². The number of nitrogens with zero attached hydrogens (tertiary/aromatic N) is 6. The molecule has 0 spiro atoms. The van der Waals surface area contributed by atoms with Gasteiger partial charge in [-0.3, -0.25) is 0 Å². The molecule has 186 valence electrons. The lowest BCUT2D eigenvalue weighted by Crippen LogP contribution is -2.38. The third kappa shape index (κ3) is 4.52. The van der Waals surface area contributed by atoms with Crippen LogP contribution in [-0.4, -0.2) is 75.9 Å². The normalized spacial score (nSPS) is 15.9. The van der Waals surface area contributed by atoms with Gasteiger partial charge in [0.25, 0.3) is 0 Å². The van der Waals surface area contributed by atoms with Crippen LogP contribution < -0.4 is 4.90 Å². The van der Waals surface area contributed by atoms with Crippen LogP contribution in [0.1, 0.15) is 49.3 Å². The molecule has 0 saturated carbocycles. The molecule has 8 heteroatoms. The van der Waals surface area contributed by atoms with Crippen LogP contribution in [0.25, 0.3) is 27.9 Å². The first kappa shape index (κ1) is 23.8. The van der Waals surface area contributed by atoms with Crippen LogP contribution in [0.5, 0.6) is 0 Å². The number of rotatable bonds is 6. The molecule has 35 heavy (non-hydrogen) atoms. The Morgan fingerprint density at radius 2 is 1.83 bits per heavy atom. The Kier molecular flexibility index (Phi) is 6.75. The number of fused-ring (bicyclic) bond motifs is 2. The van der Waals surface area contributed by atoms with E-state index in [0.717, 1.165) is 91.5 Å². The van der Waals surface area contributed by atoms with Crippen LogP contribution in [0.15, 0.2) is 24.7 Å². The average molecular weight is 476 g/mol. The summed E-state index contributed by atoms with van der Waals surface area (Å²) in [5.41, 5.74) is 9.01. The fourth-order valence-electron chi connectivity index (χ4n) is 5.35. The lowest BCUT2D eigenvalue weighted by Gasteiger charge is -2.31. The number of H-pyrrole nitrogens is 1. The minimum atomic E-state index is 0.328. The Hall–Kier alpha value is -2.97. The molecule has 0 unspecified atom stereocenters. The molecule has 0 atom stereocenters. The number of ether oxygens (including phenoxy) is 1. The van der Waals surface area contributed by atoms with Crippen molar-refractivity contribution in [3.63, 3.8) is 0 Å². The highest BCUT2D eigenvalue weighted by Crippen LogP contribution is 2.38. The quantitative estimate of drug-likeness (QED) is 0.441. The second-order valence-corrected chi connectivity index (χ2v) is 9.98. The zero-order chi connectivity index (χ0) is 24.5.